The third-order valence-electron chi connectivity index (χ3n) is 4.97. The van der Waals surface area contributed by atoms with Gasteiger partial charge < -0.3 is 10.4 Å². The zero-order valence-corrected chi connectivity index (χ0v) is 15.7. The molecule has 1 fully saturated rings. The fourth-order valence-corrected chi connectivity index (χ4v) is 4.47. The van der Waals surface area contributed by atoms with Crippen molar-refractivity contribution in [2.75, 3.05) is 12.4 Å². The minimum absolute atomic E-state index is 0.00676. The lowest BCUT2D eigenvalue weighted by Gasteiger charge is -2.24. The van der Waals surface area contributed by atoms with E-state index < -0.39 is 9.84 Å². The molecule has 1 amide bonds. The molecule has 0 aromatic heterocycles. The first-order chi connectivity index (χ1) is 11.9. The third-order valence-corrected chi connectivity index (χ3v) is 6.68. The predicted octanol–water partition coefficient (Wildman–Crippen LogP) is 2.68. The summed E-state index contributed by atoms with van der Waals surface area (Å²) in [6.07, 6.45) is 7.31. The Morgan fingerprint density at radius 3 is 2.44 bits per heavy atom. The molecule has 5 nitrogen and oxygen atoms in total. The number of hydrogen-bond acceptors (Lipinski definition) is 4. The number of nitrogens with one attached hydrogen (secondary N) is 1. The van der Waals surface area contributed by atoms with Crippen molar-refractivity contribution >= 4 is 15.7 Å². The topological polar surface area (TPSA) is 83.5 Å². The molecule has 1 atom stereocenters. The Bertz CT molecular complexity index is 649. The van der Waals surface area contributed by atoms with Crippen LogP contribution in [0.2, 0.25) is 0 Å². The van der Waals surface area contributed by atoms with Crippen LogP contribution in [0.5, 0.6) is 0 Å². The minimum Gasteiger partial charge on any atom is -0.395 e. The van der Waals surface area contributed by atoms with Crippen LogP contribution in [0.25, 0.3) is 0 Å². The third kappa shape index (κ3) is 6.12. The monoisotopic (exact) mass is 367 g/mol. The lowest BCUT2D eigenvalue weighted by Crippen LogP contribution is -2.30. The first kappa shape index (κ1) is 19.9. The molecule has 1 aliphatic carbocycles. The van der Waals surface area contributed by atoms with Gasteiger partial charge in [-0.05, 0) is 30.0 Å². The molecule has 0 radical (unpaired) electrons. The van der Waals surface area contributed by atoms with E-state index in [0.717, 1.165) is 12.0 Å². The highest BCUT2D eigenvalue weighted by molar-refractivity contribution is 7.91. The van der Waals surface area contributed by atoms with E-state index in [9.17, 15) is 13.2 Å². The summed E-state index contributed by atoms with van der Waals surface area (Å²) in [5, 5.41) is 11.7. The molecule has 0 heterocycles. The number of carbonyl (C=O) groups excluding carboxylic acids is 1. The fourth-order valence-electron chi connectivity index (χ4n) is 3.45. The Morgan fingerprint density at radius 1 is 1.20 bits per heavy atom. The van der Waals surface area contributed by atoms with Gasteiger partial charge >= 0.3 is 0 Å². The molecule has 0 bridgehead atoms. The van der Waals surface area contributed by atoms with E-state index in [1.54, 1.807) is 12.1 Å². The van der Waals surface area contributed by atoms with Gasteiger partial charge in [0.05, 0.1) is 17.3 Å². The molecule has 2 N–H and O–H groups in total. The Labute approximate surface area is 150 Å². The van der Waals surface area contributed by atoms with Gasteiger partial charge in [0.2, 0.25) is 5.91 Å². The fraction of sp³-hybridized carbons (Fsp3) is 0.632. The van der Waals surface area contributed by atoms with Crippen LogP contribution in [0, 0.1) is 11.8 Å². The van der Waals surface area contributed by atoms with E-state index in [1.165, 1.54) is 44.2 Å². The quantitative estimate of drug-likeness (QED) is 0.740. The molecule has 1 aliphatic rings. The summed E-state index contributed by atoms with van der Waals surface area (Å²) in [6, 6.07) is 6.46. The summed E-state index contributed by atoms with van der Waals surface area (Å²) in [5.41, 5.74) is 0.862. The van der Waals surface area contributed by atoms with Crippen LogP contribution >= 0.6 is 0 Å². The summed E-state index contributed by atoms with van der Waals surface area (Å²) in [6.45, 7) is 1.99. The summed E-state index contributed by atoms with van der Waals surface area (Å²) < 4.78 is 23.7. The predicted molar refractivity (Wildman–Crippen MR) is 97.8 cm³/mol. The zero-order chi connectivity index (χ0) is 18.3. The van der Waals surface area contributed by atoms with Crippen LogP contribution in [-0.2, 0) is 21.2 Å². The van der Waals surface area contributed by atoms with Crippen molar-refractivity contribution in [3.05, 3.63) is 29.8 Å². The summed E-state index contributed by atoms with van der Waals surface area (Å²) in [5.74, 6) is 0.460. The maximum Gasteiger partial charge on any atom is 0.223 e. The molecule has 1 saturated carbocycles. The first-order valence-electron chi connectivity index (χ1n) is 9.12. The second kappa shape index (κ2) is 9.34. The van der Waals surface area contributed by atoms with Gasteiger partial charge in [-0.15, -0.1) is 0 Å². The maximum atomic E-state index is 12.3. The molecule has 6 heteroatoms. The second-order valence-corrected chi connectivity index (χ2v) is 9.15. The minimum atomic E-state index is -3.43. The van der Waals surface area contributed by atoms with E-state index in [-0.39, 0.29) is 29.1 Å². The SMILES string of the molecule is C[C@@H](CC1CCCCC1)C(=O)NCc1ccc(S(=O)(=O)CCO)cc1. The number of rotatable bonds is 8. The lowest BCUT2D eigenvalue weighted by molar-refractivity contribution is -0.125. The summed E-state index contributed by atoms with van der Waals surface area (Å²) in [7, 11) is -3.43. The normalized spacial score (nSPS) is 17.2. The highest BCUT2D eigenvalue weighted by Gasteiger charge is 2.20. The van der Waals surface area contributed by atoms with Gasteiger partial charge in [0, 0.05) is 12.5 Å². The molecule has 0 unspecified atom stereocenters. The van der Waals surface area contributed by atoms with Gasteiger partial charge in [0.1, 0.15) is 0 Å². The average Bonchev–Trinajstić information content (AvgIpc) is 2.61. The van der Waals surface area contributed by atoms with E-state index in [2.05, 4.69) is 5.32 Å². The highest BCUT2D eigenvalue weighted by Crippen LogP contribution is 2.29. The van der Waals surface area contributed by atoms with Crippen molar-refractivity contribution in [3.8, 4) is 0 Å². The number of hydrogen-bond donors (Lipinski definition) is 2. The number of sulfone groups is 1. The molecular weight excluding hydrogens is 338 g/mol. The van der Waals surface area contributed by atoms with Crippen LogP contribution in [0.3, 0.4) is 0 Å². The van der Waals surface area contributed by atoms with Crippen molar-refractivity contribution in [1.82, 2.24) is 5.32 Å². The van der Waals surface area contributed by atoms with Crippen LogP contribution < -0.4 is 5.32 Å². The molecule has 1 aromatic carbocycles. The van der Waals surface area contributed by atoms with Crippen molar-refractivity contribution in [2.24, 2.45) is 11.8 Å². The Morgan fingerprint density at radius 2 is 1.84 bits per heavy atom. The van der Waals surface area contributed by atoms with Gasteiger partial charge in [-0.2, -0.15) is 0 Å². The van der Waals surface area contributed by atoms with E-state index >= 15 is 0 Å². The smallest absolute Gasteiger partial charge is 0.223 e. The van der Waals surface area contributed by atoms with Crippen molar-refractivity contribution < 1.29 is 18.3 Å². The van der Waals surface area contributed by atoms with Crippen LogP contribution in [0.4, 0.5) is 0 Å². The van der Waals surface area contributed by atoms with Gasteiger partial charge in [0.15, 0.2) is 9.84 Å². The molecule has 1 aromatic rings. The molecular formula is C19H29NO4S. The van der Waals surface area contributed by atoms with Gasteiger partial charge in [0.25, 0.3) is 0 Å². The van der Waals surface area contributed by atoms with E-state index in [4.69, 9.17) is 5.11 Å². The standard InChI is InChI=1S/C19H29NO4S/c1-15(13-16-5-3-2-4-6-16)19(22)20-14-17-7-9-18(10-8-17)25(23,24)12-11-21/h7-10,15-16,21H,2-6,11-14H2,1H3,(H,20,22)/t15-/m0/s1. The highest BCUT2D eigenvalue weighted by atomic mass is 32.2. The molecule has 25 heavy (non-hydrogen) atoms. The number of carbonyl (C=O) groups is 1. The van der Waals surface area contributed by atoms with Crippen molar-refractivity contribution in [2.45, 2.75) is 56.9 Å². The molecule has 0 saturated heterocycles. The van der Waals surface area contributed by atoms with Crippen molar-refractivity contribution in [3.63, 3.8) is 0 Å². The van der Waals surface area contributed by atoms with Gasteiger partial charge in [-0.1, -0.05) is 51.2 Å². The molecule has 0 aliphatic heterocycles. The second-order valence-electron chi connectivity index (χ2n) is 7.05. The molecule has 2 rings (SSSR count). The molecule has 0 spiro atoms. The summed E-state index contributed by atoms with van der Waals surface area (Å²) >= 11 is 0. The zero-order valence-electron chi connectivity index (χ0n) is 14.9. The van der Waals surface area contributed by atoms with Crippen LogP contribution in [-0.4, -0.2) is 31.8 Å². The summed E-state index contributed by atoms with van der Waals surface area (Å²) in [4.78, 5) is 12.5. The lowest BCUT2D eigenvalue weighted by atomic mass is 9.83. The maximum absolute atomic E-state index is 12.3. The van der Waals surface area contributed by atoms with Gasteiger partial charge in [-0.25, -0.2) is 8.42 Å². The van der Waals surface area contributed by atoms with Crippen LogP contribution in [0.15, 0.2) is 29.2 Å². The van der Waals surface area contributed by atoms with E-state index in [1.807, 2.05) is 6.92 Å². The Hall–Kier alpha value is -1.40. The number of aliphatic hydroxyl groups is 1. The van der Waals surface area contributed by atoms with Crippen LogP contribution in [0.1, 0.15) is 51.0 Å². The average molecular weight is 368 g/mol. The number of amides is 1. The van der Waals surface area contributed by atoms with E-state index in [0.29, 0.717) is 12.5 Å². The largest absolute Gasteiger partial charge is 0.395 e. The van der Waals surface area contributed by atoms with Crippen molar-refractivity contribution in [1.29, 1.82) is 0 Å². The molecule has 140 valence electrons. The Kier molecular flexibility index (Phi) is 7.44. The number of aliphatic hydroxyl groups excluding tert-OH is 1. The number of benzene rings is 1. The first-order valence-corrected chi connectivity index (χ1v) is 10.8. The van der Waals surface area contributed by atoms with Gasteiger partial charge in [-0.3, -0.25) is 4.79 Å². The Balaban J connectivity index is 1.82.